The zero-order chi connectivity index (χ0) is 16.1. The van der Waals surface area contributed by atoms with Gasteiger partial charge in [0, 0.05) is 11.8 Å². The Morgan fingerprint density at radius 3 is 2.61 bits per heavy atom. The molecule has 0 bridgehead atoms. The summed E-state index contributed by atoms with van der Waals surface area (Å²) in [5.74, 6) is -0.151. The molecule has 1 heterocycles. The van der Waals surface area contributed by atoms with Gasteiger partial charge >= 0.3 is 5.97 Å². The Hall–Kier alpha value is -2.73. The largest absolute Gasteiger partial charge is 0.481 e. The Bertz CT molecular complexity index is 843. The highest BCUT2D eigenvalue weighted by atomic mass is 32.1. The minimum absolute atomic E-state index is 0.0349. The van der Waals surface area contributed by atoms with Crippen LogP contribution in [0.25, 0.3) is 10.1 Å². The van der Waals surface area contributed by atoms with E-state index in [9.17, 15) is 4.79 Å². The van der Waals surface area contributed by atoms with Crippen molar-refractivity contribution in [2.45, 2.75) is 12.8 Å². The van der Waals surface area contributed by atoms with Crippen LogP contribution in [0.2, 0.25) is 0 Å². The predicted molar refractivity (Wildman–Crippen MR) is 93.1 cm³/mol. The maximum atomic E-state index is 10.9. The minimum atomic E-state index is -0.840. The van der Waals surface area contributed by atoms with E-state index in [1.54, 1.807) is 0 Å². The molecule has 0 aliphatic carbocycles. The molecule has 0 atom stereocenters. The Kier molecular flexibility index (Phi) is 4.63. The zero-order valence-electron chi connectivity index (χ0n) is 12.3. The topological polar surface area (TPSA) is 74.6 Å². The molecular formula is C17H15N3O2S. The molecule has 2 N–H and O–H groups in total. The summed E-state index contributed by atoms with van der Waals surface area (Å²) < 4.78 is 5.44. The normalized spacial score (nSPS) is 11.6. The molecule has 0 spiro atoms. The van der Waals surface area contributed by atoms with Gasteiger partial charge < -0.3 is 5.11 Å². The molecular weight excluding hydrogens is 310 g/mol. The van der Waals surface area contributed by atoms with Gasteiger partial charge in [-0.3, -0.25) is 10.2 Å². The Balaban J connectivity index is 1.86. The minimum Gasteiger partial charge on any atom is -0.481 e. The third-order valence-corrected chi connectivity index (χ3v) is 4.18. The summed E-state index contributed by atoms with van der Waals surface area (Å²) in [5.41, 5.74) is 4.59. The second-order valence-corrected chi connectivity index (χ2v) is 5.76. The summed E-state index contributed by atoms with van der Waals surface area (Å²) in [5, 5.41) is 14.3. The smallest absolute Gasteiger partial charge is 0.303 e. The highest BCUT2D eigenvalue weighted by Crippen LogP contribution is 2.26. The number of hydrogen-bond donors (Lipinski definition) is 2. The monoisotopic (exact) mass is 325 g/mol. The number of nitrogens with zero attached hydrogens (tertiary/aromatic N) is 2. The van der Waals surface area contributed by atoms with Crippen molar-refractivity contribution in [3.05, 3.63) is 60.2 Å². The molecule has 1 aromatic heterocycles. The number of aliphatic carboxylic acids is 1. The van der Waals surface area contributed by atoms with E-state index in [1.807, 2.05) is 54.6 Å². The number of anilines is 1. The lowest BCUT2D eigenvalue weighted by molar-refractivity contribution is -0.136. The maximum absolute atomic E-state index is 10.9. The first-order valence-corrected chi connectivity index (χ1v) is 7.95. The van der Waals surface area contributed by atoms with Gasteiger partial charge in [0.15, 0.2) is 5.82 Å². The van der Waals surface area contributed by atoms with Gasteiger partial charge in [0.25, 0.3) is 0 Å². The molecule has 23 heavy (non-hydrogen) atoms. The third-order valence-electron chi connectivity index (χ3n) is 3.36. The van der Waals surface area contributed by atoms with Gasteiger partial charge in [0.2, 0.25) is 0 Å². The maximum Gasteiger partial charge on any atom is 0.303 e. The molecule has 3 rings (SSSR count). The molecule has 6 heteroatoms. The van der Waals surface area contributed by atoms with Crippen molar-refractivity contribution in [1.82, 2.24) is 4.37 Å². The molecule has 0 aliphatic rings. The first-order valence-electron chi connectivity index (χ1n) is 7.18. The fourth-order valence-corrected chi connectivity index (χ4v) is 2.94. The van der Waals surface area contributed by atoms with Gasteiger partial charge in [0.1, 0.15) is 0 Å². The lowest BCUT2D eigenvalue weighted by atomic mass is 10.1. The molecule has 0 amide bonds. The second kappa shape index (κ2) is 7.02. The molecule has 0 fully saturated rings. The highest BCUT2D eigenvalue weighted by molar-refractivity contribution is 7.13. The van der Waals surface area contributed by atoms with Crippen LogP contribution < -0.4 is 5.43 Å². The van der Waals surface area contributed by atoms with Gasteiger partial charge in [-0.2, -0.15) is 9.47 Å². The second-order valence-electron chi connectivity index (χ2n) is 4.96. The van der Waals surface area contributed by atoms with Crippen LogP contribution in [0, 0.1) is 0 Å². The number of hydrogen-bond acceptors (Lipinski definition) is 5. The standard InChI is InChI=1S/C17H15N3O2S/c21-16(22)11-10-14(12-6-2-1-3-7-12)18-19-17-13-8-4-5-9-15(13)23-20-17/h1-9H,10-11H2,(H,19,20)(H,21,22)/b18-14-. The van der Waals surface area contributed by atoms with Crippen molar-refractivity contribution in [2.75, 3.05) is 5.43 Å². The quantitative estimate of drug-likeness (QED) is 0.531. The van der Waals surface area contributed by atoms with Crippen molar-refractivity contribution >= 4 is 39.1 Å². The molecule has 3 aromatic rings. The number of rotatable bonds is 6. The highest BCUT2D eigenvalue weighted by Gasteiger charge is 2.08. The van der Waals surface area contributed by atoms with E-state index in [1.165, 1.54) is 11.5 Å². The molecule has 2 aromatic carbocycles. The molecule has 0 saturated carbocycles. The van der Waals surface area contributed by atoms with E-state index in [0.717, 1.165) is 15.6 Å². The van der Waals surface area contributed by atoms with E-state index in [2.05, 4.69) is 14.9 Å². The molecule has 116 valence electrons. The first-order chi connectivity index (χ1) is 11.2. The SMILES string of the molecule is O=C(O)CC/C(=N/Nc1nsc2ccccc12)c1ccccc1. The average molecular weight is 325 g/mol. The van der Waals surface area contributed by atoms with Gasteiger partial charge in [-0.15, -0.1) is 0 Å². The lowest BCUT2D eigenvalue weighted by Gasteiger charge is -2.06. The molecule has 0 aliphatic heterocycles. The van der Waals surface area contributed by atoms with E-state index >= 15 is 0 Å². The number of carbonyl (C=O) groups is 1. The van der Waals surface area contributed by atoms with Crippen molar-refractivity contribution < 1.29 is 9.90 Å². The summed E-state index contributed by atoms with van der Waals surface area (Å²) in [6.07, 6.45) is 0.391. The van der Waals surface area contributed by atoms with Crippen molar-refractivity contribution in [1.29, 1.82) is 0 Å². The Morgan fingerprint density at radius 1 is 1.09 bits per heavy atom. The van der Waals surface area contributed by atoms with Crippen LogP contribution in [0.5, 0.6) is 0 Å². The van der Waals surface area contributed by atoms with E-state index in [4.69, 9.17) is 5.11 Å². The van der Waals surface area contributed by atoms with Crippen LogP contribution in [0.15, 0.2) is 59.7 Å². The van der Waals surface area contributed by atoms with Gasteiger partial charge in [-0.1, -0.05) is 42.5 Å². The summed E-state index contributed by atoms with van der Waals surface area (Å²) >= 11 is 1.40. The molecule has 5 nitrogen and oxygen atoms in total. The van der Waals surface area contributed by atoms with Crippen molar-refractivity contribution in [2.24, 2.45) is 5.10 Å². The number of nitrogens with one attached hydrogen (secondary N) is 1. The van der Waals surface area contributed by atoms with E-state index in [-0.39, 0.29) is 6.42 Å². The third kappa shape index (κ3) is 3.73. The van der Waals surface area contributed by atoms with Crippen LogP contribution >= 0.6 is 11.5 Å². The van der Waals surface area contributed by atoms with Gasteiger partial charge in [-0.25, -0.2) is 0 Å². The summed E-state index contributed by atoms with van der Waals surface area (Å²) in [6.45, 7) is 0. The van der Waals surface area contributed by atoms with Crippen LogP contribution in [0.4, 0.5) is 5.82 Å². The molecule has 0 unspecified atom stereocenters. The number of aromatic nitrogens is 1. The fourth-order valence-electron chi connectivity index (χ4n) is 2.21. The number of carboxylic acid groups (broad SMARTS) is 1. The van der Waals surface area contributed by atoms with Gasteiger partial charge in [0.05, 0.1) is 16.8 Å². The first kappa shape index (κ1) is 15.2. The Morgan fingerprint density at radius 2 is 1.83 bits per heavy atom. The summed E-state index contributed by atoms with van der Waals surface area (Å²) in [7, 11) is 0. The zero-order valence-corrected chi connectivity index (χ0v) is 13.1. The van der Waals surface area contributed by atoms with E-state index < -0.39 is 5.97 Å². The van der Waals surface area contributed by atoms with Crippen LogP contribution in [-0.4, -0.2) is 21.2 Å². The van der Waals surface area contributed by atoms with Crippen LogP contribution in [-0.2, 0) is 4.79 Å². The molecule has 0 radical (unpaired) electrons. The summed E-state index contributed by atoms with van der Waals surface area (Å²) in [6, 6.07) is 17.5. The number of benzene rings is 2. The molecule has 0 saturated heterocycles. The lowest BCUT2D eigenvalue weighted by Crippen LogP contribution is -2.08. The van der Waals surface area contributed by atoms with Gasteiger partial charge in [-0.05, 0) is 29.2 Å². The average Bonchev–Trinajstić information content (AvgIpc) is 2.99. The number of fused-ring (bicyclic) bond motifs is 1. The summed E-state index contributed by atoms with van der Waals surface area (Å²) in [4.78, 5) is 10.9. The van der Waals surface area contributed by atoms with Crippen molar-refractivity contribution in [3.63, 3.8) is 0 Å². The van der Waals surface area contributed by atoms with E-state index in [0.29, 0.717) is 18.0 Å². The number of carboxylic acids is 1. The van der Waals surface area contributed by atoms with Crippen molar-refractivity contribution in [3.8, 4) is 0 Å². The van der Waals surface area contributed by atoms with Crippen LogP contribution in [0.1, 0.15) is 18.4 Å². The fraction of sp³-hybridized carbons (Fsp3) is 0.118. The predicted octanol–water partition coefficient (Wildman–Crippen LogP) is 3.98. The Labute approximate surface area is 137 Å². The van der Waals surface area contributed by atoms with Crippen LogP contribution in [0.3, 0.4) is 0 Å². The number of hydrazone groups is 1.